The maximum absolute atomic E-state index is 12.7. The van der Waals surface area contributed by atoms with Crippen LogP contribution in [0.25, 0.3) is 0 Å². The van der Waals surface area contributed by atoms with Crippen molar-refractivity contribution in [3.8, 4) is 0 Å². The van der Waals surface area contributed by atoms with Crippen LogP contribution in [0.3, 0.4) is 0 Å². The van der Waals surface area contributed by atoms with Gasteiger partial charge in [0, 0.05) is 17.8 Å². The summed E-state index contributed by atoms with van der Waals surface area (Å²) in [5.74, 6) is 0.564. The zero-order valence-corrected chi connectivity index (χ0v) is 18.4. The van der Waals surface area contributed by atoms with E-state index in [9.17, 15) is 9.59 Å². The van der Waals surface area contributed by atoms with Gasteiger partial charge >= 0.3 is 0 Å². The van der Waals surface area contributed by atoms with Gasteiger partial charge in [0.25, 0.3) is 0 Å². The van der Waals surface area contributed by atoms with E-state index < -0.39 is 0 Å². The fraction of sp³-hybridized carbons (Fsp3) is 0.231. The molecule has 1 N–H and O–H groups in total. The number of thioether (sulfide) groups is 1. The summed E-state index contributed by atoms with van der Waals surface area (Å²) in [5.41, 5.74) is 5.07. The molecule has 2 amide bonds. The molecule has 0 radical (unpaired) electrons. The molecule has 3 aromatic carbocycles. The summed E-state index contributed by atoms with van der Waals surface area (Å²) in [6.07, 6.45) is 2.01. The molecule has 4 nitrogen and oxygen atoms in total. The van der Waals surface area contributed by atoms with Gasteiger partial charge in [-0.05, 0) is 47.7 Å². The average Bonchev–Trinajstić information content (AvgIpc) is 3.19. The van der Waals surface area contributed by atoms with Crippen LogP contribution < -0.4 is 10.2 Å². The highest BCUT2D eigenvalue weighted by Gasteiger charge is 2.35. The summed E-state index contributed by atoms with van der Waals surface area (Å²) in [4.78, 5) is 27.1. The third kappa shape index (κ3) is 5.00. The predicted molar refractivity (Wildman–Crippen MR) is 128 cm³/mol. The van der Waals surface area contributed by atoms with Crippen molar-refractivity contribution in [3.05, 3.63) is 95.6 Å². The number of aryl methyl sites for hydroxylation is 2. The van der Waals surface area contributed by atoms with Crippen LogP contribution in [0.5, 0.6) is 0 Å². The van der Waals surface area contributed by atoms with E-state index in [0.717, 1.165) is 34.5 Å². The van der Waals surface area contributed by atoms with Crippen LogP contribution in [-0.4, -0.2) is 17.6 Å². The number of amides is 2. The number of hydrogen-bond acceptors (Lipinski definition) is 3. The van der Waals surface area contributed by atoms with E-state index in [0.29, 0.717) is 18.6 Å². The molecule has 5 heteroatoms. The fourth-order valence-corrected chi connectivity index (χ4v) is 5.03. The van der Waals surface area contributed by atoms with Crippen LogP contribution in [0.2, 0.25) is 0 Å². The number of anilines is 2. The number of benzene rings is 3. The smallest absolute Gasteiger partial charge is 0.238 e. The zero-order chi connectivity index (χ0) is 21.6. The lowest BCUT2D eigenvalue weighted by molar-refractivity contribution is -0.116. The second-order valence-corrected chi connectivity index (χ2v) is 8.64. The van der Waals surface area contributed by atoms with Crippen molar-refractivity contribution in [3.63, 3.8) is 0 Å². The van der Waals surface area contributed by atoms with Crippen LogP contribution >= 0.6 is 11.8 Å². The van der Waals surface area contributed by atoms with Gasteiger partial charge in [-0.1, -0.05) is 67.6 Å². The van der Waals surface area contributed by atoms with Crippen LogP contribution in [-0.2, 0) is 22.4 Å². The van der Waals surface area contributed by atoms with Crippen LogP contribution in [0, 0.1) is 0 Å². The highest BCUT2D eigenvalue weighted by Crippen LogP contribution is 2.43. The Morgan fingerprint density at radius 2 is 1.81 bits per heavy atom. The van der Waals surface area contributed by atoms with E-state index in [1.165, 1.54) is 0 Å². The number of carbonyl (C=O) groups excluding carboxylic acids is 2. The first-order valence-corrected chi connectivity index (χ1v) is 11.7. The van der Waals surface area contributed by atoms with Crippen molar-refractivity contribution < 1.29 is 9.59 Å². The minimum atomic E-state index is -0.0960. The van der Waals surface area contributed by atoms with Crippen LogP contribution in [0.15, 0.2) is 78.9 Å². The summed E-state index contributed by atoms with van der Waals surface area (Å²) >= 11 is 1.62. The lowest BCUT2D eigenvalue weighted by atomic mass is 10.1. The molecule has 1 aliphatic heterocycles. The Bertz CT molecular complexity index is 1070. The van der Waals surface area contributed by atoms with E-state index in [-0.39, 0.29) is 17.2 Å². The molecule has 0 spiro atoms. The first kappa shape index (κ1) is 21.2. The highest BCUT2D eigenvalue weighted by atomic mass is 32.2. The Morgan fingerprint density at radius 3 is 2.61 bits per heavy atom. The maximum atomic E-state index is 12.7. The summed E-state index contributed by atoms with van der Waals surface area (Å²) < 4.78 is 0. The molecule has 0 bridgehead atoms. The predicted octanol–water partition coefficient (Wildman–Crippen LogP) is 5.60. The number of hydrogen-bond donors (Lipinski definition) is 1. The number of rotatable bonds is 7. The molecular formula is C26H26N2O2S. The van der Waals surface area contributed by atoms with Gasteiger partial charge in [0.2, 0.25) is 11.8 Å². The van der Waals surface area contributed by atoms with Crippen molar-refractivity contribution >= 4 is 35.0 Å². The first-order chi connectivity index (χ1) is 15.2. The minimum absolute atomic E-state index is 0.00987. The van der Waals surface area contributed by atoms with Crippen LogP contribution in [0.1, 0.15) is 35.4 Å². The van der Waals surface area contributed by atoms with E-state index in [4.69, 9.17) is 0 Å². The number of carbonyl (C=O) groups is 2. The SMILES string of the molecule is CCc1ccccc1N1C(=O)CS[C@H]1c1cccc(NC(=O)CCc2ccccc2)c1. The minimum Gasteiger partial charge on any atom is -0.326 e. The third-order valence-electron chi connectivity index (χ3n) is 5.44. The molecule has 1 saturated heterocycles. The summed E-state index contributed by atoms with van der Waals surface area (Å²) in [5, 5.41) is 2.92. The maximum Gasteiger partial charge on any atom is 0.238 e. The molecule has 0 aliphatic carbocycles. The normalized spacial score (nSPS) is 15.8. The van der Waals surface area contributed by atoms with Crippen molar-refractivity contribution in [1.82, 2.24) is 0 Å². The van der Waals surface area contributed by atoms with Gasteiger partial charge < -0.3 is 5.32 Å². The van der Waals surface area contributed by atoms with E-state index in [2.05, 4.69) is 18.3 Å². The van der Waals surface area contributed by atoms with E-state index >= 15 is 0 Å². The largest absolute Gasteiger partial charge is 0.326 e. The average molecular weight is 431 g/mol. The number of nitrogens with one attached hydrogen (secondary N) is 1. The van der Waals surface area contributed by atoms with Gasteiger partial charge in [-0.3, -0.25) is 14.5 Å². The second-order valence-electron chi connectivity index (χ2n) is 7.57. The van der Waals surface area contributed by atoms with Crippen LogP contribution in [0.4, 0.5) is 11.4 Å². The molecule has 1 aliphatic rings. The molecule has 158 valence electrons. The van der Waals surface area contributed by atoms with Crippen molar-refractivity contribution in [2.75, 3.05) is 16.0 Å². The molecule has 0 saturated carbocycles. The van der Waals surface area contributed by atoms with E-state index in [1.807, 2.05) is 77.7 Å². The molecular weight excluding hydrogens is 404 g/mol. The van der Waals surface area contributed by atoms with Gasteiger partial charge in [0.05, 0.1) is 5.75 Å². The Kier molecular flexibility index (Phi) is 6.73. The highest BCUT2D eigenvalue weighted by molar-refractivity contribution is 8.00. The Labute approximate surface area is 187 Å². The lowest BCUT2D eigenvalue weighted by Crippen LogP contribution is -2.28. The van der Waals surface area contributed by atoms with Gasteiger partial charge in [0.15, 0.2) is 0 Å². The zero-order valence-electron chi connectivity index (χ0n) is 17.6. The molecule has 0 unspecified atom stereocenters. The molecule has 0 aromatic heterocycles. The van der Waals surface area contributed by atoms with Gasteiger partial charge in [-0.25, -0.2) is 0 Å². The van der Waals surface area contributed by atoms with Crippen molar-refractivity contribution in [1.29, 1.82) is 0 Å². The fourth-order valence-electron chi connectivity index (χ4n) is 3.87. The Hall–Kier alpha value is -3.05. The third-order valence-corrected chi connectivity index (χ3v) is 6.65. The molecule has 4 rings (SSSR count). The molecule has 31 heavy (non-hydrogen) atoms. The summed E-state index contributed by atoms with van der Waals surface area (Å²) in [7, 11) is 0. The number of nitrogens with zero attached hydrogens (tertiary/aromatic N) is 1. The first-order valence-electron chi connectivity index (χ1n) is 10.6. The van der Waals surface area contributed by atoms with E-state index in [1.54, 1.807) is 11.8 Å². The topological polar surface area (TPSA) is 49.4 Å². The molecule has 1 fully saturated rings. The quantitative estimate of drug-likeness (QED) is 0.531. The van der Waals surface area contributed by atoms with Crippen molar-refractivity contribution in [2.24, 2.45) is 0 Å². The van der Waals surface area contributed by atoms with Crippen molar-refractivity contribution in [2.45, 2.75) is 31.6 Å². The monoisotopic (exact) mass is 430 g/mol. The summed E-state index contributed by atoms with van der Waals surface area (Å²) in [6, 6.07) is 25.9. The number of para-hydroxylation sites is 1. The van der Waals surface area contributed by atoms with Gasteiger partial charge in [-0.2, -0.15) is 0 Å². The lowest BCUT2D eigenvalue weighted by Gasteiger charge is -2.26. The second kappa shape index (κ2) is 9.84. The molecule has 1 atom stereocenters. The van der Waals surface area contributed by atoms with Gasteiger partial charge in [-0.15, -0.1) is 11.8 Å². The standard InChI is InChI=1S/C26H26N2O2S/c1-2-20-11-6-7-14-23(20)28-25(30)18-31-26(28)21-12-8-13-22(17-21)27-24(29)16-15-19-9-4-3-5-10-19/h3-14,17,26H,2,15-16,18H2,1H3,(H,27,29)/t26-/m0/s1. The molecule has 3 aromatic rings. The van der Waals surface area contributed by atoms with Gasteiger partial charge in [0.1, 0.15) is 5.37 Å². The molecule has 1 heterocycles. The summed E-state index contributed by atoms with van der Waals surface area (Å²) in [6.45, 7) is 2.10. The Balaban J connectivity index is 1.49. The Morgan fingerprint density at radius 1 is 1.03 bits per heavy atom.